The van der Waals surface area contributed by atoms with E-state index in [0.717, 1.165) is 15.3 Å². The minimum Gasteiger partial charge on any atom is -0.331 e. The third-order valence-electron chi connectivity index (χ3n) is 2.84. The first-order valence-electron chi connectivity index (χ1n) is 5.57. The van der Waals surface area contributed by atoms with Gasteiger partial charge in [0.1, 0.15) is 0 Å². The van der Waals surface area contributed by atoms with Crippen LogP contribution in [-0.2, 0) is 14.1 Å². The molecule has 0 radical (unpaired) electrons. The number of hydrogen-bond acceptors (Lipinski definition) is 7. The molecule has 104 valence electrons. The van der Waals surface area contributed by atoms with Crippen molar-refractivity contribution in [3.63, 3.8) is 0 Å². The van der Waals surface area contributed by atoms with E-state index < -0.39 is 23.0 Å². The Kier molecular flexibility index (Phi) is 5.76. The average Bonchev–Trinajstić information content (AvgIpc) is 2.51. The molecule has 0 fully saturated rings. The number of nitrogens with zero attached hydrogens (tertiary/aromatic N) is 6. The van der Waals surface area contributed by atoms with Crippen LogP contribution in [0.3, 0.4) is 0 Å². The summed E-state index contributed by atoms with van der Waals surface area (Å²) in [5.74, 6) is -1.59. The van der Waals surface area contributed by atoms with Gasteiger partial charge in [0, 0.05) is 32.2 Å². The van der Waals surface area contributed by atoms with Crippen LogP contribution in [0.1, 0.15) is 10.5 Å². The fraction of sp³-hybridized carbons (Fsp3) is 0.167. The molecule has 0 saturated carbocycles. The molecule has 9 nitrogen and oxygen atoms in total. The molecule has 0 unspecified atom stereocenters. The second-order valence-corrected chi connectivity index (χ2v) is 4.06. The Labute approximate surface area is 166 Å². The number of carbonyl (C=O) groups is 1. The number of rotatable bonds is 2. The van der Waals surface area contributed by atoms with Gasteiger partial charge >= 0.3 is 57.1 Å². The van der Waals surface area contributed by atoms with Crippen molar-refractivity contribution in [3.8, 4) is 12.1 Å². The number of aromatic nitrogens is 4. The van der Waals surface area contributed by atoms with E-state index in [-0.39, 0.29) is 68.2 Å². The van der Waals surface area contributed by atoms with Gasteiger partial charge in [0.2, 0.25) is 0 Å². The first kappa shape index (κ1) is 18.2. The van der Waals surface area contributed by atoms with Gasteiger partial charge < -0.3 is 9.78 Å². The Hall–Kier alpha value is -1.82. The van der Waals surface area contributed by atoms with Crippen LogP contribution >= 0.6 is 0 Å². The number of hydrogen-bond donors (Lipinski definition) is 0. The molecule has 2 aromatic heterocycles. The molecular formula is C12H7KN6O3. The molecule has 0 aliphatic heterocycles. The fourth-order valence-corrected chi connectivity index (χ4v) is 1.70. The SMILES string of the molecule is Cn1c(=O)c2nc(C(=O)[C-](C#N)C#N)cnc2n(C)c1=O.[K+]. The topological polar surface area (TPSA) is 134 Å². The molecule has 0 aromatic carbocycles. The molecule has 2 aromatic rings. The molecule has 2 heterocycles. The maximum Gasteiger partial charge on any atom is 1.00 e. The van der Waals surface area contributed by atoms with Crippen molar-refractivity contribution in [1.82, 2.24) is 19.1 Å². The van der Waals surface area contributed by atoms with Crippen molar-refractivity contribution in [2.75, 3.05) is 0 Å². The number of aryl methyl sites for hydroxylation is 1. The molecule has 0 saturated heterocycles. The molecule has 0 bridgehead atoms. The second-order valence-electron chi connectivity index (χ2n) is 4.06. The van der Waals surface area contributed by atoms with E-state index in [1.54, 1.807) is 0 Å². The first-order chi connectivity index (χ1) is 9.92. The normalized spacial score (nSPS) is 9.45. The molecule has 0 spiro atoms. The van der Waals surface area contributed by atoms with Gasteiger partial charge in [0.05, 0.1) is 5.78 Å². The van der Waals surface area contributed by atoms with Crippen LogP contribution in [0.2, 0.25) is 0 Å². The second kappa shape index (κ2) is 6.96. The van der Waals surface area contributed by atoms with Gasteiger partial charge in [-0.15, -0.1) is 0 Å². The van der Waals surface area contributed by atoms with E-state index in [1.165, 1.54) is 26.2 Å². The molecule has 0 atom stereocenters. The first-order valence-corrected chi connectivity index (χ1v) is 5.57. The third kappa shape index (κ3) is 2.88. The molecule has 22 heavy (non-hydrogen) atoms. The number of carbonyl (C=O) groups excluding carboxylic acids is 1. The zero-order valence-electron chi connectivity index (χ0n) is 12.0. The van der Waals surface area contributed by atoms with E-state index in [0.29, 0.717) is 0 Å². The van der Waals surface area contributed by atoms with Crippen LogP contribution in [0.15, 0.2) is 15.8 Å². The molecule has 0 N–H and O–H groups in total. The van der Waals surface area contributed by atoms with E-state index in [4.69, 9.17) is 10.5 Å². The van der Waals surface area contributed by atoms with E-state index in [1.807, 2.05) is 0 Å². The van der Waals surface area contributed by atoms with E-state index in [9.17, 15) is 14.4 Å². The van der Waals surface area contributed by atoms with E-state index in [2.05, 4.69) is 9.97 Å². The Balaban J connectivity index is 0.00000242. The number of Topliss-reactive ketones (excluding diaryl/α,β-unsaturated/α-hetero) is 1. The zero-order valence-corrected chi connectivity index (χ0v) is 15.1. The summed E-state index contributed by atoms with van der Waals surface area (Å²) >= 11 is 0. The molecule has 2 rings (SSSR count). The third-order valence-corrected chi connectivity index (χ3v) is 2.84. The van der Waals surface area contributed by atoms with Gasteiger partial charge in [-0.05, 0) is 11.9 Å². The van der Waals surface area contributed by atoms with Gasteiger partial charge in [0.25, 0.3) is 5.56 Å². The number of ketones is 1. The molecular weight excluding hydrogens is 315 g/mol. The smallest absolute Gasteiger partial charge is 0.331 e. The van der Waals surface area contributed by atoms with Crippen LogP contribution < -0.4 is 62.6 Å². The van der Waals surface area contributed by atoms with E-state index >= 15 is 0 Å². The average molecular weight is 322 g/mol. The summed E-state index contributed by atoms with van der Waals surface area (Å²) in [5.41, 5.74) is -1.79. The fourth-order valence-electron chi connectivity index (χ4n) is 1.70. The van der Waals surface area contributed by atoms with Crippen molar-refractivity contribution in [1.29, 1.82) is 10.5 Å². The van der Waals surface area contributed by atoms with Crippen molar-refractivity contribution in [2.24, 2.45) is 14.1 Å². The maximum absolute atomic E-state index is 12.0. The Morgan fingerprint density at radius 1 is 1.23 bits per heavy atom. The predicted octanol–water partition coefficient (Wildman–Crippen LogP) is -4.16. The summed E-state index contributed by atoms with van der Waals surface area (Å²) in [6, 6.07) is 2.89. The van der Waals surface area contributed by atoms with Crippen LogP contribution in [0.4, 0.5) is 0 Å². The zero-order chi connectivity index (χ0) is 15.7. The quantitative estimate of drug-likeness (QED) is 0.311. The summed E-state index contributed by atoms with van der Waals surface area (Å²) in [7, 11) is 2.67. The minimum atomic E-state index is -0.926. The molecule has 0 aliphatic carbocycles. The van der Waals surface area contributed by atoms with Crippen LogP contribution in [0.5, 0.6) is 0 Å². The largest absolute Gasteiger partial charge is 1.00 e. The molecule has 0 aliphatic rings. The summed E-state index contributed by atoms with van der Waals surface area (Å²) in [4.78, 5) is 43.2. The minimum absolute atomic E-state index is 0. The van der Waals surface area contributed by atoms with Crippen LogP contribution in [-0.4, -0.2) is 24.9 Å². The maximum atomic E-state index is 12.0. The van der Waals surface area contributed by atoms with Crippen molar-refractivity contribution >= 4 is 16.9 Å². The predicted molar refractivity (Wildman–Crippen MR) is 68.8 cm³/mol. The van der Waals surface area contributed by atoms with Crippen LogP contribution in [0.25, 0.3) is 11.2 Å². The van der Waals surface area contributed by atoms with Crippen molar-refractivity contribution in [3.05, 3.63) is 38.6 Å². The standard InChI is InChI=1S/C12H7N6O3.K/c1-17-10-8(11(20)18(2)12(17)21)16-7(5-15-10)9(19)6(3-13)4-14;/h5H,1-2H3;/q-1;+1. The van der Waals surface area contributed by atoms with Gasteiger partial charge in [-0.25, -0.2) is 15.3 Å². The van der Waals surface area contributed by atoms with Gasteiger partial charge in [0.15, 0.2) is 11.2 Å². The summed E-state index contributed by atoms with van der Waals surface area (Å²) < 4.78 is 1.93. The summed E-state index contributed by atoms with van der Waals surface area (Å²) in [5, 5.41) is 17.3. The monoisotopic (exact) mass is 322 g/mol. The number of fused-ring (bicyclic) bond motifs is 1. The van der Waals surface area contributed by atoms with Crippen LogP contribution in [0, 0.1) is 28.6 Å². The molecule has 10 heteroatoms. The van der Waals surface area contributed by atoms with Crippen molar-refractivity contribution in [2.45, 2.75) is 0 Å². The summed E-state index contributed by atoms with van der Waals surface area (Å²) in [6.07, 6.45) is 1.01. The van der Waals surface area contributed by atoms with Gasteiger partial charge in [-0.1, -0.05) is 0 Å². The Morgan fingerprint density at radius 3 is 2.36 bits per heavy atom. The summed E-state index contributed by atoms with van der Waals surface area (Å²) in [6.45, 7) is 0. The van der Waals surface area contributed by atoms with Gasteiger partial charge in [-0.2, -0.15) is 0 Å². The Bertz CT molecular complexity index is 948. The van der Waals surface area contributed by atoms with Crippen molar-refractivity contribution < 1.29 is 56.2 Å². The molecule has 0 amide bonds. The number of nitriles is 2. The Morgan fingerprint density at radius 2 is 1.82 bits per heavy atom. The van der Waals surface area contributed by atoms with Gasteiger partial charge in [-0.3, -0.25) is 18.9 Å².